The van der Waals surface area contributed by atoms with Gasteiger partial charge >= 0.3 is 0 Å². The zero-order valence-corrected chi connectivity index (χ0v) is 12.4. The Morgan fingerprint density at radius 2 is 2.16 bits per heavy atom. The standard InChI is InChI=1S/C15H22N2O.ClH/c1-11(2)13-5-3-4-6-14(13)17-15(18)9-12-7-8-16-10-12;/h3-6,11-12,16H,7-10H2,1-2H3,(H,17,18);1H. The summed E-state index contributed by atoms with van der Waals surface area (Å²) < 4.78 is 0. The van der Waals surface area contributed by atoms with E-state index in [0.717, 1.165) is 25.2 Å². The Kier molecular flexibility index (Phi) is 6.32. The average Bonchev–Trinajstić information content (AvgIpc) is 2.82. The third-order valence-electron chi connectivity index (χ3n) is 3.49. The van der Waals surface area contributed by atoms with Crippen molar-refractivity contribution in [2.24, 2.45) is 5.92 Å². The molecule has 2 rings (SSSR count). The van der Waals surface area contributed by atoms with E-state index in [2.05, 4.69) is 30.5 Å². The molecular weight excluding hydrogens is 260 g/mol. The highest BCUT2D eigenvalue weighted by Gasteiger charge is 2.18. The van der Waals surface area contributed by atoms with Gasteiger partial charge in [0.25, 0.3) is 0 Å². The predicted molar refractivity (Wildman–Crippen MR) is 82.0 cm³/mol. The average molecular weight is 283 g/mol. The third-order valence-corrected chi connectivity index (χ3v) is 3.49. The minimum Gasteiger partial charge on any atom is -0.326 e. The Balaban J connectivity index is 0.00000180. The van der Waals surface area contributed by atoms with Gasteiger partial charge in [0.2, 0.25) is 5.91 Å². The van der Waals surface area contributed by atoms with Crippen molar-refractivity contribution in [3.63, 3.8) is 0 Å². The van der Waals surface area contributed by atoms with Crippen LogP contribution in [0.15, 0.2) is 24.3 Å². The van der Waals surface area contributed by atoms with Crippen LogP contribution in [0, 0.1) is 5.92 Å². The lowest BCUT2D eigenvalue weighted by Gasteiger charge is -2.14. The fourth-order valence-electron chi connectivity index (χ4n) is 2.47. The van der Waals surface area contributed by atoms with Crippen LogP contribution in [0.1, 0.15) is 38.2 Å². The molecule has 19 heavy (non-hydrogen) atoms. The molecule has 0 spiro atoms. The highest BCUT2D eigenvalue weighted by atomic mass is 35.5. The molecule has 1 fully saturated rings. The van der Waals surface area contributed by atoms with Gasteiger partial charge in [-0.15, -0.1) is 12.4 Å². The Labute approximate surface area is 121 Å². The fraction of sp³-hybridized carbons (Fsp3) is 0.533. The molecule has 106 valence electrons. The molecule has 0 aliphatic carbocycles. The van der Waals surface area contributed by atoms with E-state index in [1.54, 1.807) is 0 Å². The van der Waals surface area contributed by atoms with Crippen LogP contribution in [0.25, 0.3) is 0 Å². The monoisotopic (exact) mass is 282 g/mol. The number of benzene rings is 1. The first kappa shape index (κ1) is 16.0. The van der Waals surface area contributed by atoms with Crippen molar-refractivity contribution < 1.29 is 4.79 Å². The Morgan fingerprint density at radius 1 is 1.42 bits per heavy atom. The summed E-state index contributed by atoms with van der Waals surface area (Å²) in [7, 11) is 0. The second-order valence-corrected chi connectivity index (χ2v) is 5.35. The van der Waals surface area contributed by atoms with E-state index in [0.29, 0.717) is 18.3 Å². The van der Waals surface area contributed by atoms with Crippen LogP contribution >= 0.6 is 12.4 Å². The van der Waals surface area contributed by atoms with Crippen LogP contribution in [0.3, 0.4) is 0 Å². The fourth-order valence-corrected chi connectivity index (χ4v) is 2.47. The number of carbonyl (C=O) groups excluding carboxylic acids is 1. The molecule has 0 aromatic heterocycles. The van der Waals surface area contributed by atoms with Gasteiger partial charge in [-0.05, 0) is 43.0 Å². The summed E-state index contributed by atoms with van der Waals surface area (Å²) in [6, 6.07) is 8.06. The molecule has 1 aliphatic rings. The van der Waals surface area contributed by atoms with Gasteiger partial charge in [0.05, 0.1) is 0 Å². The second kappa shape index (κ2) is 7.51. The number of hydrogen-bond acceptors (Lipinski definition) is 2. The second-order valence-electron chi connectivity index (χ2n) is 5.35. The number of rotatable bonds is 4. The van der Waals surface area contributed by atoms with E-state index in [1.807, 2.05) is 18.2 Å². The number of amides is 1. The third kappa shape index (κ3) is 4.51. The highest BCUT2D eigenvalue weighted by Crippen LogP contribution is 2.24. The van der Waals surface area contributed by atoms with Crippen molar-refractivity contribution in [3.05, 3.63) is 29.8 Å². The maximum atomic E-state index is 12.0. The molecular formula is C15H23ClN2O. The summed E-state index contributed by atoms with van der Waals surface area (Å²) in [5.41, 5.74) is 2.17. The summed E-state index contributed by atoms with van der Waals surface area (Å²) in [6.07, 6.45) is 1.73. The number of carbonyl (C=O) groups is 1. The molecule has 1 saturated heterocycles. The number of nitrogens with one attached hydrogen (secondary N) is 2. The molecule has 1 aliphatic heterocycles. The zero-order chi connectivity index (χ0) is 13.0. The molecule has 0 radical (unpaired) electrons. The van der Waals surface area contributed by atoms with E-state index in [-0.39, 0.29) is 18.3 Å². The lowest BCUT2D eigenvalue weighted by atomic mass is 10.0. The highest BCUT2D eigenvalue weighted by molar-refractivity contribution is 5.91. The van der Waals surface area contributed by atoms with Crippen LogP contribution in [0.4, 0.5) is 5.69 Å². The van der Waals surface area contributed by atoms with Crippen molar-refractivity contribution >= 4 is 24.0 Å². The molecule has 2 N–H and O–H groups in total. The smallest absolute Gasteiger partial charge is 0.224 e. The molecule has 4 heteroatoms. The largest absolute Gasteiger partial charge is 0.326 e. The summed E-state index contributed by atoms with van der Waals surface area (Å²) in [5, 5.41) is 6.34. The van der Waals surface area contributed by atoms with Crippen molar-refractivity contribution in [2.45, 2.75) is 32.6 Å². The molecule has 1 unspecified atom stereocenters. The Hall–Kier alpha value is -1.06. The van der Waals surface area contributed by atoms with Gasteiger partial charge in [-0.2, -0.15) is 0 Å². The first-order valence-electron chi connectivity index (χ1n) is 6.76. The number of hydrogen-bond donors (Lipinski definition) is 2. The van der Waals surface area contributed by atoms with Crippen LogP contribution in [-0.4, -0.2) is 19.0 Å². The summed E-state index contributed by atoms with van der Waals surface area (Å²) in [4.78, 5) is 12.0. The van der Waals surface area contributed by atoms with Crippen molar-refractivity contribution in [2.75, 3.05) is 18.4 Å². The molecule has 0 saturated carbocycles. The van der Waals surface area contributed by atoms with E-state index in [9.17, 15) is 4.79 Å². The number of para-hydroxylation sites is 1. The quantitative estimate of drug-likeness (QED) is 0.891. The van der Waals surface area contributed by atoms with Crippen LogP contribution in [-0.2, 0) is 4.79 Å². The van der Waals surface area contributed by atoms with Crippen LogP contribution in [0.5, 0.6) is 0 Å². The van der Waals surface area contributed by atoms with Gasteiger partial charge in [0.1, 0.15) is 0 Å². The minimum atomic E-state index is 0. The Bertz CT molecular complexity index is 414. The first-order valence-corrected chi connectivity index (χ1v) is 6.76. The first-order chi connectivity index (χ1) is 8.66. The molecule has 1 amide bonds. The van der Waals surface area contributed by atoms with E-state index in [1.165, 1.54) is 5.56 Å². The van der Waals surface area contributed by atoms with Crippen LogP contribution < -0.4 is 10.6 Å². The summed E-state index contributed by atoms with van der Waals surface area (Å²) in [5.74, 6) is 1.06. The van der Waals surface area contributed by atoms with E-state index in [4.69, 9.17) is 0 Å². The molecule has 1 aromatic carbocycles. The van der Waals surface area contributed by atoms with Gasteiger partial charge in [0, 0.05) is 12.1 Å². The van der Waals surface area contributed by atoms with Gasteiger partial charge in [-0.3, -0.25) is 4.79 Å². The maximum absolute atomic E-state index is 12.0. The molecule has 0 bridgehead atoms. The van der Waals surface area contributed by atoms with Gasteiger partial charge < -0.3 is 10.6 Å². The zero-order valence-electron chi connectivity index (χ0n) is 11.6. The normalized spacial score (nSPS) is 18.2. The minimum absolute atomic E-state index is 0. The molecule has 3 nitrogen and oxygen atoms in total. The van der Waals surface area contributed by atoms with Crippen LogP contribution in [0.2, 0.25) is 0 Å². The summed E-state index contributed by atoms with van der Waals surface area (Å²) >= 11 is 0. The Morgan fingerprint density at radius 3 is 2.79 bits per heavy atom. The van der Waals surface area contributed by atoms with Gasteiger partial charge in [-0.1, -0.05) is 32.0 Å². The topological polar surface area (TPSA) is 41.1 Å². The number of anilines is 1. The predicted octanol–water partition coefficient (Wildman–Crippen LogP) is 3.17. The van der Waals surface area contributed by atoms with Crippen molar-refractivity contribution in [1.82, 2.24) is 5.32 Å². The summed E-state index contributed by atoms with van der Waals surface area (Å²) in [6.45, 7) is 6.30. The van der Waals surface area contributed by atoms with Crippen molar-refractivity contribution in [1.29, 1.82) is 0 Å². The maximum Gasteiger partial charge on any atom is 0.224 e. The molecule has 1 heterocycles. The lowest BCUT2D eigenvalue weighted by Crippen LogP contribution is -2.19. The van der Waals surface area contributed by atoms with Crippen molar-refractivity contribution in [3.8, 4) is 0 Å². The molecule has 1 atom stereocenters. The lowest BCUT2D eigenvalue weighted by molar-refractivity contribution is -0.116. The molecule has 1 aromatic rings. The van der Waals surface area contributed by atoms with Gasteiger partial charge in [0.15, 0.2) is 0 Å². The SMILES string of the molecule is CC(C)c1ccccc1NC(=O)CC1CCNC1.Cl. The number of halogens is 1. The van der Waals surface area contributed by atoms with E-state index < -0.39 is 0 Å². The van der Waals surface area contributed by atoms with Gasteiger partial charge in [-0.25, -0.2) is 0 Å². The van der Waals surface area contributed by atoms with E-state index >= 15 is 0 Å².